The minimum atomic E-state index is -0.510. The lowest BCUT2D eigenvalue weighted by molar-refractivity contribution is 0.0961. The largest absolute Gasteiger partial charge is 0.405 e. The molecule has 0 aromatic carbocycles. The van der Waals surface area contributed by atoms with Crippen molar-refractivity contribution in [3.63, 3.8) is 0 Å². The first kappa shape index (κ1) is 16.3. The Kier molecular flexibility index (Phi) is 7.62. The van der Waals surface area contributed by atoms with Crippen LogP contribution in [0.4, 0.5) is 5.88 Å². The number of carbonyl (C=O) groups is 1. The van der Waals surface area contributed by atoms with E-state index < -0.39 is 5.63 Å². The van der Waals surface area contributed by atoms with Crippen LogP contribution < -0.4 is 16.3 Å². The summed E-state index contributed by atoms with van der Waals surface area (Å²) in [5, 5.41) is 5.05. The summed E-state index contributed by atoms with van der Waals surface area (Å²) >= 11 is 4.61. The molecule has 0 aliphatic rings. The van der Waals surface area contributed by atoms with Crippen LogP contribution in [0.3, 0.4) is 0 Å². The molecule has 5 nitrogen and oxygen atoms in total. The third-order valence-electron chi connectivity index (χ3n) is 2.07. The molecule has 0 aliphatic carbocycles. The Hall–Kier alpha value is -1.69. The van der Waals surface area contributed by atoms with E-state index in [4.69, 9.17) is 4.42 Å². The molecule has 0 spiro atoms. The van der Waals surface area contributed by atoms with Crippen molar-refractivity contribution in [2.75, 3.05) is 12.4 Å². The van der Waals surface area contributed by atoms with Crippen molar-refractivity contribution in [1.82, 2.24) is 5.32 Å². The highest BCUT2D eigenvalue weighted by Crippen LogP contribution is 2.17. The number of rotatable bonds is 4. The molecular formula is C12H18N2O3S. The standard InChI is InChI=1S/C10H12N2O3S.C2H6/c1-3-6-4-7(13)15-10(12-5-16)8(6)9(14)11-2;1-2/h4-5H,3H2,1-2H3,(H,11,14)(H,12,16);1-2H3. The van der Waals surface area contributed by atoms with Gasteiger partial charge in [-0.2, -0.15) is 0 Å². The van der Waals surface area contributed by atoms with Gasteiger partial charge in [-0.05, 0) is 12.0 Å². The number of amides is 1. The van der Waals surface area contributed by atoms with Gasteiger partial charge in [0.05, 0.1) is 5.49 Å². The van der Waals surface area contributed by atoms with E-state index in [9.17, 15) is 9.59 Å². The second-order valence-electron chi connectivity index (χ2n) is 2.99. The van der Waals surface area contributed by atoms with Gasteiger partial charge in [0.25, 0.3) is 5.91 Å². The summed E-state index contributed by atoms with van der Waals surface area (Å²) in [7, 11) is 1.51. The van der Waals surface area contributed by atoms with Gasteiger partial charge in [0.2, 0.25) is 5.88 Å². The van der Waals surface area contributed by atoms with Crippen LogP contribution in [0.2, 0.25) is 0 Å². The van der Waals surface area contributed by atoms with Crippen LogP contribution in [0, 0.1) is 0 Å². The zero-order chi connectivity index (χ0) is 14.1. The number of anilines is 1. The zero-order valence-electron chi connectivity index (χ0n) is 11.0. The summed E-state index contributed by atoms with van der Waals surface area (Å²) in [6.45, 7) is 5.85. The lowest BCUT2D eigenvalue weighted by atomic mass is 10.1. The molecule has 1 aromatic heterocycles. The Morgan fingerprint density at radius 2 is 2.11 bits per heavy atom. The van der Waals surface area contributed by atoms with Gasteiger partial charge in [0, 0.05) is 13.1 Å². The van der Waals surface area contributed by atoms with Gasteiger partial charge in [-0.3, -0.25) is 4.79 Å². The third kappa shape index (κ3) is 3.96. The Morgan fingerprint density at radius 3 is 2.56 bits per heavy atom. The lowest BCUT2D eigenvalue weighted by Crippen LogP contribution is -2.23. The summed E-state index contributed by atoms with van der Waals surface area (Å²) in [6.07, 6.45) is 0.556. The van der Waals surface area contributed by atoms with E-state index in [0.717, 1.165) is 0 Å². The molecule has 100 valence electrons. The molecule has 1 rings (SSSR count). The molecule has 0 atom stereocenters. The van der Waals surface area contributed by atoms with Gasteiger partial charge >= 0.3 is 5.63 Å². The van der Waals surface area contributed by atoms with Crippen molar-refractivity contribution in [1.29, 1.82) is 0 Å². The summed E-state index contributed by atoms with van der Waals surface area (Å²) in [5.74, 6) is -0.237. The molecule has 6 heteroatoms. The van der Waals surface area contributed by atoms with Gasteiger partial charge in [0.1, 0.15) is 5.56 Å². The molecule has 0 radical (unpaired) electrons. The van der Waals surface area contributed by atoms with E-state index in [2.05, 4.69) is 22.9 Å². The van der Waals surface area contributed by atoms with Crippen molar-refractivity contribution in [3.05, 3.63) is 27.6 Å². The molecule has 0 fully saturated rings. The predicted molar refractivity (Wildman–Crippen MR) is 76.4 cm³/mol. The highest BCUT2D eigenvalue weighted by Gasteiger charge is 2.17. The van der Waals surface area contributed by atoms with Gasteiger partial charge in [0.15, 0.2) is 0 Å². The normalized spacial score (nSPS) is 8.89. The van der Waals surface area contributed by atoms with Crippen LogP contribution in [0.1, 0.15) is 36.7 Å². The van der Waals surface area contributed by atoms with Gasteiger partial charge in [-0.1, -0.05) is 33.0 Å². The molecule has 1 aromatic rings. The van der Waals surface area contributed by atoms with Crippen molar-refractivity contribution >= 4 is 29.5 Å². The summed E-state index contributed by atoms with van der Waals surface area (Å²) < 4.78 is 4.89. The maximum atomic E-state index is 11.6. The minimum absolute atomic E-state index is 0.0821. The summed E-state index contributed by atoms with van der Waals surface area (Å²) in [5.41, 5.74) is 1.61. The highest BCUT2D eigenvalue weighted by atomic mass is 32.1. The number of hydrogen-bond acceptors (Lipinski definition) is 4. The Bertz CT molecular complexity index is 469. The van der Waals surface area contributed by atoms with Crippen molar-refractivity contribution in [3.8, 4) is 0 Å². The second-order valence-corrected chi connectivity index (χ2v) is 3.23. The Morgan fingerprint density at radius 1 is 1.50 bits per heavy atom. The van der Waals surface area contributed by atoms with Gasteiger partial charge in [-0.25, -0.2) is 4.79 Å². The fourth-order valence-corrected chi connectivity index (χ4v) is 1.46. The highest BCUT2D eigenvalue weighted by molar-refractivity contribution is 7.79. The summed E-state index contributed by atoms with van der Waals surface area (Å²) in [4.78, 5) is 22.9. The lowest BCUT2D eigenvalue weighted by Gasteiger charge is -2.09. The molecule has 0 unspecified atom stereocenters. The Balaban J connectivity index is 0.00000137. The first-order valence-corrected chi connectivity index (χ1v) is 6.20. The molecule has 0 bridgehead atoms. The van der Waals surface area contributed by atoms with Crippen LogP contribution in [0.15, 0.2) is 15.3 Å². The quantitative estimate of drug-likeness (QED) is 0.818. The van der Waals surface area contributed by atoms with Crippen LogP contribution in [0.25, 0.3) is 0 Å². The number of carbonyl (C=O) groups excluding carboxylic acids is 1. The van der Waals surface area contributed by atoms with E-state index in [1.165, 1.54) is 18.6 Å². The second kappa shape index (κ2) is 8.41. The monoisotopic (exact) mass is 270 g/mol. The molecule has 2 N–H and O–H groups in total. The topological polar surface area (TPSA) is 71.3 Å². The molecule has 1 amide bonds. The number of hydrogen-bond donors (Lipinski definition) is 2. The zero-order valence-corrected chi connectivity index (χ0v) is 11.8. The number of thiocarbonyl (C=S) groups is 1. The van der Waals surface area contributed by atoms with E-state index in [0.29, 0.717) is 17.5 Å². The van der Waals surface area contributed by atoms with Crippen LogP contribution >= 0.6 is 12.2 Å². The first-order chi connectivity index (χ1) is 8.63. The van der Waals surface area contributed by atoms with Gasteiger partial charge < -0.3 is 15.1 Å². The molecule has 0 saturated carbocycles. The van der Waals surface area contributed by atoms with E-state index in [1.807, 2.05) is 20.8 Å². The fourth-order valence-electron chi connectivity index (χ4n) is 1.35. The maximum Gasteiger partial charge on any atom is 0.337 e. The Labute approximate surface area is 112 Å². The van der Waals surface area contributed by atoms with Crippen molar-refractivity contribution in [2.24, 2.45) is 0 Å². The van der Waals surface area contributed by atoms with E-state index in [-0.39, 0.29) is 11.8 Å². The molecular weight excluding hydrogens is 252 g/mol. The minimum Gasteiger partial charge on any atom is -0.405 e. The fraction of sp³-hybridized carbons (Fsp3) is 0.417. The van der Waals surface area contributed by atoms with Crippen LogP contribution in [-0.4, -0.2) is 18.4 Å². The van der Waals surface area contributed by atoms with E-state index >= 15 is 0 Å². The molecule has 1 heterocycles. The summed E-state index contributed by atoms with van der Waals surface area (Å²) in [6, 6.07) is 1.30. The SMILES string of the molecule is CC.CCc1cc(=O)oc(NC=S)c1C(=O)NC. The average molecular weight is 270 g/mol. The van der Waals surface area contributed by atoms with E-state index in [1.54, 1.807) is 0 Å². The average Bonchev–Trinajstić information content (AvgIpc) is 2.40. The van der Waals surface area contributed by atoms with Crippen molar-refractivity contribution in [2.45, 2.75) is 27.2 Å². The van der Waals surface area contributed by atoms with Crippen LogP contribution in [-0.2, 0) is 6.42 Å². The third-order valence-corrected chi connectivity index (χ3v) is 2.19. The maximum absolute atomic E-state index is 11.6. The molecule has 0 saturated heterocycles. The predicted octanol–water partition coefficient (Wildman–Crippen LogP) is 1.96. The van der Waals surface area contributed by atoms with Crippen molar-refractivity contribution < 1.29 is 9.21 Å². The smallest absolute Gasteiger partial charge is 0.337 e. The van der Waals surface area contributed by atoms with Crippen LogP contribution in [0.5, 0.6) is 0 Å². The van der Waals surface area contributed by atoms with Gasteiger partial charge in [-0.15, -0.1) is 0 Å². The first-order valence-electron chi connectivity index (χ1n) is 5.73. The number of aryl methyl sites for hydroxylation is 1. The molecule has 0 aliphatic heterocycles. The number of nitrogens with one attached hydrogen (secondary N) is 2. The molecule has 18 heavy (non-hydrogen) atoms.